The number of nitrogens with zero attached hydrogens (tertiary/aromatic N) is 2. The Balaban J connectivity index is 1.60. The molecule has 3 rings (SSSR count). The predicted octanol–water partition coefficient (Wildman–Crippen LogP) is 3.87. The summed E-state index contributed by atoms with van der Waals surface area (Å²) in [5.41, 5.74) is 5.32. The molecule has 0 saturated carbocycles. The van der Waals surface area contributed by atoms with Crippen LogP contribution in [0.1, 0.15) is 35.9 Å². The molecule has 1 N–H and O–H groups in total. The maximum atomic E-state index is 5.41. The van der Waals surface area contributed by atoms with Gasteiger partial charge < -0.3 is 4.74 Å². The summed E-state index contributed by atoms with van der Waals surface area (Å²) in [7, 11) is 0. The van der Waals surface area contributed by atoms with E-state index in [-0.39, 0.29) is 0 Å². The SMILES string of the molecule is CCOc1ccc(/C=N/Nc2nc3c(s2)CCCC3)cc1. The second-order valence-electron chi connectivity index (χ2n) is 4.97. The van der Waals surface area contributed by atoms with E-state index in [4.69, 9.17) is 4.74 Å². The molecular weight excluding hydrogens is 282 g/mol. The van der Waals surface area contributed by atoms with Crippen LogP contribution >= 0.6 is 11.3 Å². The summed E-state index contributed by atoms with van der Waals surface area (Å²) in [6.45, 7) is 2.66. The summed E-state index contributed by atoms with van der Waals surface area (Å²) in [6, 6.07) is 7.88. The number of anilines is 1. The van der Waals surface area contributed by atoms with E-state index in [0.29, 0.717) is 6.61 Å². The van der Waals surface area contributed by atoms with Gasteiger partial charge in [-0.2, -0.15) is 5.10 Å². The second kappa shape index (κ2) is 6.72. The summed E-state index contributed by atoms with van der Waals surface area (Å²) < 4.78 is 5.41. The average molecular weight is 301 g/mol. The van der Waals surface area contributed by atoms with Crippen molar-refractivity contribution in [2.24, 2.45) is 5.10 Å². The van der Waals surface area contributed by atoms with Gasteiger partial charge >= 0.3 is 0 Å². The normalized spacial score (nSPS) is 14.1. The molecule has 0 saturated heterocycles. The first kappa shape index (κ1) is 14.1. The fraction of sp³-hybridized carbons (Fsp3) is 0.375. The number of hydrazone groups is 1. The number of fused-ring (bicyclic) bond motifs is 1. The average Bonchev–Trinajstić information content (AvgIpc) is 2.92. The van der Waals surface area contributed by atoms with E-state index in [9.17, 15) is 0 Å². The molecule has 5 heteroatoms. The summed E-state index contributed by atoms with van der Waals surface area (Å²) >= 11 is 1.72. The van der Waals surface area contributed by atoms with E-state index in [1.807, 2.05) is 31.2 Å². The largest absolute Gasteiger partial charge is 0.494 e. The van der Waals surface area contributed by atoms with E-state index in [0.717, 1.165) is 29.3 Å². The minimum atomic E-state index is 0.684. The van der Waals surface area contributed by atoms with Crippen LogP contribution in [0.4, 0.5) is 5.13 Å². The van der Waals surface area contributed by atoms with Crippen LogP contribution in [-0.2, 0) is 12.8 Å². The Hall–Kier alpha value is -1.88. The number of aryl methyl sites for hydroxylation is 2. The fourth-order valence-electron chi connectivity index (χ4n) is 2.38. The standard InChI is InChI=1S/C16H19N3OS/c1-2-20-13-9-7-12(8-10-13)11-17-19-16-18-14-5-3-4-6-15(14)21-16/h7-11H,2-6H2,1H3,(H,18,19)/b17-11+. The Morgan fingerprint density at radius 2 is 2.10 bits per heavy atom. The van der Waals surface area contributed by atoms with E-state index >= 15 is 0 Å². The minimum absolute atomic E-state index is 0.684. The number of thiazole rings is 1. The highest BCUT2D eigenvalue weighted by atomic mass is 32.1. The van der Waals surface area contributed by atoms with Gasteiger partial charge in [-0.15, -0.1) is 11.3 Å². The Morgan fingerprint density at radius 3 is 2.86 bits per heavy atom. The number of aromatic nitrogens is 1. The second-order valence-corrected chi connectivity index (χ2v) is 6.05. The highest BCUT2D eigenvalue weighted by Crippen LogP contribution is 2.29. The molecule has 1 heterocycles. The maximum absolute atomic E-state index is 5.41. The third-order valence-corrected chi connectivity index (χ3v) is 4.47. The first-order valence-corrected chi connectivity index (χ1v) is 8.17. The third-order valence-electron chi connectivity index (χ3n) is 3.41. The van der Waals surface area contributed by atoms with Crippen LogP contribution in [0.2, 0.25) is 0 Å². The fourth-order valence-corrected chi connectivity index (χ4v) is 3.38. The summed E-state index contributed by atoms with van der Waals surface area (Å²) in [5, 5.41) is 5.16. The zero-order chi connectivity index (χ0) is 14.5. The highest BCUT2D eigenvalue weighted by Gasteiger charge is 2.14. The molecule has 0 bridgehead atoms. The molecule has 2 aromatic rings. The third kappa shape index (κ3) is 3.61. The lowest BCUT2D eigenvalue weighted by atomic mass is 10.0. The molecule has 0 unspecified atom stereocenters. The molecule has 1 aliphatic carbocycles. The zero-order valence-corrected chi connectivity index (χ0v) is 12.9. The number of hydrogen-bond donors (Lipinski definition) is 1. The van der Waals surface area contributed by atoms with Gasteiger partial charge in [0.05, 0.1) is 18.5 Å². The van der Waals surface area contributed by atoms with Crippen molar-refractivity contribution in [2.75, 3.05) is 12.0 Å². The molecule has 0 spiro atoms. The van der Waals surface area contributed by atoms with Crippen LogP contribution in [0.25, 0.3) is 0 Å². The highest BCUT2D eigenvalue weighted by molar-refractivity contribution is 7.15. The summed E-state index contributed by atoms with van der Waals surface area (Å²) in [4.78, 5) is 6.01. The van der Waals surface area contributed by atoms with Crippen molar-refractivity contribution in [3.05, 3.63) is 40.4 Å². The maximum Gasteiger partial charge on any atom is 0.203 e. The van der Waals surface area contributed by atoms with Gasteiger partial charge in [0.2, 0.25) is 5.13 Å². The quantitative estimate of drug-likeness (QED) is 0.673. The van der Waals surface area contributed by atoms with Crippen molar-refractivity contribution in [2.45, 2.75) is 32.6 Å². The number of nitrogens with one attached hydrogen (secondary N) is 1. The van der Waals surface area contributed by atoms with Crippen molar-refractivity contribution < 1.29 is 4.74 Å². The molecule has 0 radical (unpaired) electrons. The molecule has 1 aromatic carbocycles. The Kier molecular flexibility index (Phi) is 4.50. The van der Waals surface area contributed by atoms with Gasteiger partial charge in [-0.05, 0) is 62.4 Å². The zero-order valence-electron chi connectivity index (χ0n) is 12.1. The van der Waals surface area contributed by atoms with Gasteiger partial charge in [0, 0.05) is 4.88 Å². The molecule has 0 aliphatic heterocycles. The lowest BCUT2D eigenvalue weighted by Crippen LogP contribution is -1.99. The Bertz CT molecular complexity index is 595. The minimum Gasteiger partial charge on any atom is -0.494 e. The van der Waals surface area contributed by atoms with E-state index < -0.39 is 0 Å². The van der Waals surface area contributed by atoms with Crippen LogP contribution in [-0.4, -0.2) is 17.8 Å². The van der Waals surface area contributed by atoms with Crippen molar-refractivity contribution in [3.8, 4) is 5.75 Å². The topological polar surface area (TPSA) is 46.5 Å². The number of ether oxygens (including phenoxy) is 1. The molecule has 0 amide bonds. The molecule has 110 valence electrons. The molecule has 4 nitrogen and oxygen atoms in total. The summed E-state index contributed by atoms with van der Waals surface area (Å²) in [5.74, 6) is 0.884. The number of rotatable bonds is 5. The Labute approximate surface area is 128 Å². The molecular formula is C16H19N3OS. The lowest BCUT2D eigenvalue weighted by molar-refractivity contribution is 0.340. The van der Waals surface area contributed by atoms with Crippen molar-refractivity contribution in [1.82, 2.24) is 4.98 Å². The van der Waals surface area contributed by atoms with E-state index in [2.05, 4.69) is 15.5 Å². The number of hydrogen-bond acceptors (Lipinski definition) is 5. The Morgan fingerprint density at radius 1 is 1.29 bits per heavy atom. The van der Waals surface area contributed by atoms with E-state index in [1.165, 1.54) is 23.4 Å². The van der Waals surface area contributed by atoms with Crippen LogP contribution in [0, 0.1) is 0 Å². The van der Waals surface area contributed by atoms with Crippen molar-refractivity contribution in [1.29, 1.82) is 0 Å². The first-order valence-electron chi connectivity index (χ1n) is 7.35. The smallest absolute Gasteiger partial charge is 0.203 e. The van der Waals surface area contributed by atoms with Gasteiger partial charge in [-0.3, -0.25) is 5.43 Å². The molecule has 1 aliphatic rings. The monoisotopic (exact) mass is 301 g/mol. The van der Waals surface area contributed by atoms with Gasteiger partial charge in [-0.1, -0.05) is 0 Å². The van der Waals surface area contributed by atoms with Crippen LogP contribution in [0.5, 0.6) is 5.75 Å². The van der Waals surface area contributed by atoms with Gasteiger partial charge in [-0.25, -0.2) is 4.98 Å². The molecule has 21 heavy (non-hydrogen) atoms. The van der Waals surface area contributed by atoms with Crippen molar-refractivity contribution >= 4 is 22.7 Å². The molecule has 0 fully saturated rings. The predicted molar refractivity (Wildman–Crippen MR) is 87.6 cm³/mol. The van der Waals surface area contributed by atoms with Crippen LogP contribution in [0.3, 0.4) is 0 Å². The van der Waals surface area contributed by atoms with Gasteiger partial charge in [0.15, 0.2) is 0 Å². The molecule has 0 atom stereocenters. The number of benzene rings is 1. The van der Waals surface area contributed by atoms with Crippen LogP contribution < -0.4 is 10.2 Å². The van der Waals surface area contributed by atoms with E-state index in [1.54, 1.807) is 17.6 Å². The lowest BCUT2D eigenvalue weighted by Gasteiger charge is -2.06. The van der Waals surface area contributed by atoms with Gasteiger partial charge in [0.25, 0.3) is 0 Å². The molecule has 1 aromatic heterocycles. The summed E-state index contributed by atoms with van der Waals surface area (Å²) in [6.07, 6.45) is 6.61. The first-order chi connectivity index (χ1) is 10.3. The van der Waals surface area contributed by atoms with Crippen molar-refractivity contribution in [3.63, 3.8) is 0 Å². The van der Waals surface area contributed by atoms with Gasteiger partial charge in [0.1, 0.15) is 5.75 Å². The van der Waals surface area contributed by atoms with Crippen LogP contribution in [0.15, 0.2) is 29.4 Å².